The Morgan fingerprint density at radius 2 is 2.20 bits per heavy atom. The smallest absolute Gasteiger partial charge is 0.191 e. The second-order valence-corrected chi connectivity index (χ2v) is 6.25. The largest absolute Gasteiger partial charge is 0.361 e. The summed E-state index contributed by atoms with van der Waals surface area (Å²) in [5, 5.41) is 16.5. The molecule has 0 atom stereocenters. The van der Waals surface area contributed by atoms with Gasteiger partial charge in [-0.15, -0.1) is 10.2 Å². The Hall–Kier alpha value is -2.83. The van der Waals surface area contributed by atoms with Gasteiger partial charge in [0.05, 0.1) is 6.54 Å². The molecule has 0 aliphatic carbocycles. The van der Waals surface area contributed by atoms with Crippen LogP contribution in [0.4, 0.5) is 0 Å². The van der Waals surface area contributed by atoms with Crippen LogP contribution < -0.4 is 10.6 Å². The predicted molar refractivity (Wildman–Crippen MR) is 98.5 cm³/mol. The third-order valence-corrected chi connectivity index (χ3v) is 4.69. The van der Waals surface area contributed by atoms with Crippen LogP contribution in [0.25, 0.3) is 10.9 Å². The lowest BCUT2D eigenvalue weighted by Crippen LogP contribution is -2.38. The molecule has 0 spiro atoms. The molecule has 0 unspecified atom stereocenters. The molecule has 25 heavy (non-hydrogen) atoms. The fourth-order valence-electron chi connectivity index (χ4n) is 3.38. The van der Waals surface area contributed by atoms with Crippen molar-refractivity contribution in [1.82, 2.24) is 30.4 Å². The van der Waals surface area contributed by atoms with E-state index in [1.807, 2.05) is 6.07 Å². The molecule has 1 aliphatic heterocycles. The highest BCUT2D eigenvalue weighted by atomic mass is 15.3. The molecule has 7 nitrogen and oxygen atoms in total. The van der Waals surface area contributed by atoms with Gasteiger partial charge in [0.25, 0.3) is 0 Å². The average Bonchev–Trinajstić information content (AvgIpc) is 3.34. The Bertz CT molecular complexity index is 890. The van der Waals surface area contributed by atoms with E-state index in [9.17, 15) is 0 Å². The molecular weight excluding hydrogens is 314 g/mol. The Balaban J connectivity index is 1.30. The molecule has 1 aromatic carbocycles. The lowest BCUT2D eigenvalue weighted by molar-refractivity contribution is 0.662. The third kappa shape index (κ3) is 3.22. The third-order valence-electron chi connectivity index (χ3n) is 4.69. The highest BCUT2D eigenvalue weighted by molar-refractivity contribution is 5.83. The van der Waals surface area contributed by atoms with Crippen molar-refractivity contribution in [3.8, 4) is 0 Å². The fraction of sp³-hybridized carbons (Fsp3) is 0.389. The number of fused-ring (bicyclic) bond motifs is 2. The number of H-pyrrole nitrogens is 1. The number of aliphatic imine (C=N–C) groups is 1. The number of aryl methyl sites for hydroxylation is 1. The minimum Gasteiger partial charge on any atom is -0.361 e. The summed E-state index contributed by atoms with van der Waals surface area (Å²) < 4.78 is 2.20. The van der Waals surface area contributed by atoms with Crippen molar-refractivity contribution in [3.05, 3.63) is 47.7 Å². The molecule has 130 valence electrons. The van der Waals surface area contributed by atoms with E-state index in [1.165, 1.54) is 16.5 Å². The van der Waals surface area contributed by atoms with Crippen molar-refractivity contribution >= 4 is 16.9 Å². The molecule has 1 aliphatic rings. The Morgan fingerprint density at radius 1 is 1.28 bits per heavy atom. The Morgan fingerprint density at radius 3 is 3.12 bits per heavy atom. The number of benzene rings is 1. The molecule has 3 aromatic rings. The van der Waals surface area contributed by atoms with Crippen LogP contribution in [0.15, 0.2) is 35.5 Å². The van der Waals surface area contributed by atoms with Crippen molar-refractivity contribution in [2.45, 2.75) is 32.4 Å². The molecule has 0 saturated heterocycles. The van der Waals surface area contributed by atoms with Crippen LogP contribution in [0.2, 0.25) is 0 Å². The number of para-hydroxylation sites is 1. The highest BCUT2D eigenvalue weighted by Gasteiger charge is 2.17. The molecule has 3 N–H and O–H groups in total. The van der Waals surface area contributed by atoms with Gasteiger partial charge in [-0.05, 0) is 24.5 Å². The maximum Gasteiger partial charge on any atom is 0.191 e. The highest BCUT2D eigenvalue weighted by Crippen LogP contribution is 2.17. The number of rotatable bonds is 5. The minimum absolute atomic E-state index is 0.639. The number of aromatic nitrogens is 4. The predicted octanol–water partition coefficient (Wildman–Crippen LogP) is 1.61. The molecule has 4 rings (SSSR count). The number of hydrogen-bond donors (Lipinski definition) is 3. The SMILES string of the molecule is CN=C(NCCc1c[nH]c2ccccc12)NCc1nnc2n1CCC2. The summed E-state index contributed by atoms with van der Waals surface area (Å²) in [7, 11) is 1.79. The van der Waals surface area contributed by atoms with E-state index in [1.54, 1.807) is 7.05 Å². The first-order valence-electron chi connectivity index (χ1n) is 8.75. The maximum atomic E-state index is 4.29. The van der Waals surface area contributed by atoms with Crippen LogP contribution in [-0.4, -0.2) is 39.3 Å². The lowest BCUT2D eigenvalue weighted by atomic mass is 10.1. The summed E-state index contributed by atoms with van der Waals surface area (Å²) in [5.74, 6) is 2.86. The lowest BCUT2D eigenvalue weighted by Gasteiger charge is -2.11. The zero-order valence-corrected chi connectivity index (χ0v) is 14.4. The van der Waals surface area contributed by atoms with Gasteiger partial charge in [-0.2, -0.15) is 0 Å². The average molecular weight is 337 g/mol. The summed E-state index contributed by atoms with van der Waals surface area (Å²) in [6.07, 6.45) is 5.22. The summed E-state index contributed by atoms with van der Waals surface area (Å²) in [6, 6.07) is 8.38. The van der Waals surface area contributed by atoms with Crippen LogP contribution >= 0.6 is 0 Å². The van der Waals surface area contributed by atoms with E-state index in [0.29, 0.717) is 6.54 Å². The zero-order chi connectivity index (χ0) is 17.1. The van der Waals surface area contributed by atoms with E-state index in [4.69, 9.17) is 0 Å². The molecule has 7 heteroatoms. The van der Waals surface area contributed by atoms with E-state index in [2.05, 4.69) is 59.8 Å². The molecule has 0 radical (unpaired) electrons. The standard InChI is InChI=1S/C18H23N7/c1-19-18(22-12-17-24-23-16-7-4-10-25(16)17)20-9-8-13-11-21-15-6-3-2-5-14(13)15/h2-3,5-6,11,21H,4,7-10,12H2,1H3,(H2,19,20,22). The molecule has 0 amide bonds. The topological polar surface area (TPSA) is 82.9 Å². The summed E-state index contributed by atoms with van der Waals surface area (Å²) in [4.78, 5) is 7.61. The maximum absolute atomic E-state index is 4.29. The summed E-state index contributed by atoms with van der Waals surface area (Å²) in [6.45, 7) is 2.48. The Labute approximate surface area is 146 Å². The van der Waals surface area contributed by atoms with E-state index in [-0.39, 0.29) is 0 Å². The quantitative estimate of drug-likeness (QED) is 0.488. The summed E-state index contributed by atoms with van der Waals surface area (Å²) >= 11 is 0. The van der Waals surface area contributed by atoms with Crippen molar-refractivity contribution < 1.29 is 0 Å². The molecule has 0 bridgehead atoms. The number of guanidine groups is 1. The number of hydrogen-bond acceptors (Lipinski definition) is 3. The normalized spacial score (nSPS) is 14.0. The van der Waals surface area contributed by atoms with Crippen molar-refractivity contribution in [1.29, 1.82) is 0 Å². The first kappa shape index (κ1) is 15.7. The van der Waals surface area contributed by atoms with Crippen LogP contribution in [0, 0.1) is 0 Å². The van der Waals surface area contributed by atoms with E-state index in [0.717, 1.165) is 50.0 Å². The molecule has 0 saturated carbocycles. The van der Waals surface area contributed by atoms with Gasteiger partial charge in [-0.25, -0.2) is 0 Å². The van der Waals surface area contributed by atoms with Gasteiger partial charge < -0.3 is 20.2 Å². The van der Waals surface area contributed by atoms with Crippen molar-refractivity contribution in [2.75, 3.05) is 13.6 Å². The molecule has 2 aromatic heterocycles. The van der Waals surface area contributed by atoms with Crippen LogP contribution in [0.1, 0.15) is 23.6 Å². The Kier molecular flexibility index (Phi) is 4.37. The van der Waals surface area contributed by atoms with Crippen molar-refractivity contribution in [2.24, 2.45) is 4.99 Å². The number of nitrogens with zero attached hydrogens (tertiary/aromatic N) is 4. The molecule has 3 heterocycles. The van der Waals surface area contributed by atoms with Gasteiger partial charge in [0.1, 0.15) is 5.82 Å². The van der Waals surface area contributed by atoms with Crippen LogP contribution in [0.5, 0.6) is 0 Å². The molecule has 0 fully saturated rings. The first-order valence-corrected chi connectivity index (χ1v) is 8.75. The van der Waals surface area contributed by atoms with Crippen LogP contribution in [-0.2, 0) is 25.9 Å². The van der Waals surface area contributed by atoms with Gasteiger partial charge in [0.2, 0.25) is 0 Å². The van der Waals surface area contributed by atoms with Crippen LogP contribution in [0.3, 0.4) is 0 Å². The van der Waals surface area contributed by atoms with Gasteiger partial charge >= 0.3 is 0 Å². The molecular formula is C18H23N7. The first-order chi connectivity index (χ1) is 12.3. The number of nitrogens with one attached hydrogen (secondary N) is 3. The second-order valence-electron chi connectivity index (χ2n) is 6.25. The fourth-order valence-corrected chi connectivity index (χ4v) is 3.38. The van der Waals surface area contributed by atoms with E-state index < -0.39 is 0 Å². The zero-order valence-electron chi connectivity index (χ0n) is 14.4. The van der Waals surface area contributed by atoms with Gasteiger partial charge in [0.15, 0.2) is 11.8 Å². The van der Waals surface area contributed by atoms with Gasteiger partial charge in [-0.3, -0.25) is 4.99 Å². The number of aromatic amines is 1. The summed E-state index contributed by atoms with van der Waals surface area (Å²) in [5.41, 5.74) is 2.49. The monoisotopic (exact) mass is 337 g/mol. The van der Waals surface area contributed by atoms with E-state index >= 15 is 0 Å². The minimum atomic E-state index is 0.639. The van der Waals surface area contributed by atoms with Crippen molar-refractivity contribution in [3.63, 3.8) is 0 Å². The van der Waals surface area contributed by atoms with Gasteiger partial charge in [0, 0.05) is 43.7 Å². The van der Waals surface area contributed by atoms with Gasteiger partial charge in [-0.1, -0.05) is 18.2 Å². The second kappa shape index (κ2) is 6.96.